The SMILES string of the molecule is CC1CC2(C)CC(C)(C)CC(c3cc(F)cc(-c4ccc(C(C)C)cc4-c4cccc(-c5cc(C(C)C)ccc5-c5cc(F)cc(C67CC(C)CC(C)(CC(C)(C)C6)C7)c5O)n4)c3O)(C1)C2. The van der Waals surface area contributed by atoms with Crippen LogP contribution in [-0.2, 0) is 10.8 Å². The van der Waals surface area contributed by atoms with Gasteiger partial charge in [0.15, 0.2) is 0 Å². The predicted molar refractivity (Wildman–Crippen MR) is 269 cm³/mol. The van der Waals surface area contributed by atoms with Gasteiger partial charge in [-0.3, -0.25) is 0 Å². The third-order valence-corrected chi connectivity index (χ3v) is 16.7. The number of rotatable bonds is 8. The monoisotopic (exact) mass is 892 g/mol. The van der Waals surface area contributed by atoms with Gasteiger partial charge in [-0.15, -0.1) is 0 Å². The molecular formula is C61H75F2NO2. The van der Waals surface area contributed by atoms with E-state index in [0.29, 0.717) is 34.4 Å². The van der Waals surface area contributed by atoms with Crippen LogP contribution in [0.3, 0.4) is 0 Å². The van der Waals surface area contributed by atoms with Crippen molar-refractivity contribution in [1.82, 2.24) is 4.98 Å². The minimum atomic E-state index is -0.343. The first kappa shape index (κ1) is 46.6. The van der Waals surface area contributed by atoms with Crippen LogP contribution in [0.15, 0.2) is 78.9 Å². The summed E-state index contributed by atoms with van der Waals surface area (Å²) in [6.07, 6.45) is 10.0. The average Bonchev–Trinajstić information content (AvgIpc) is 3.19. The van der Waals surface area contributed by atoms with Crippen molar-refractivity contribution in [2.75, 3.05) is 0 Å². The molecule has 4 fully saturated rings. The number of pyridine rings is 1. The second-order valence-corrected chi connectivity index (χ2v) is 25.6. The van der Waals surface area contributed by atoms with Crippen molar-refractivity contribution in [1.29, 1.82) is 0 Å². The Labute approximate surface area is 394 Å². The summed E-state index contributed by atoms with van der Waals surface area (Å²) in [6.45, 7) is 27.5. The molecule has 5 heteroatoms. The molecule has 0 amide bonds. The Bertz CT molecular complexity index is 2520. The highest BCUT2D eigenvalue weighted by Crippen LogP contribution is 2.66. The fourth-order valence-electron chi connectivity index (χ4n) is 16.4. The number of halogens is 2. The standard InChI is InChI=1S/C61H75F2NO2/c1-36(2)40-16-18-44(48-22-42(62)24-50(54(48)65)60-28-38(5)26-58(11,34-60)30-56(7,8)32-60)46(20-40)52-14-13-15-53(64-52)47-21-41(37(3)4)17-19-45(47)49-23-43(63)25-51(55(49)66)61-29-39(6)27-59(12,35-61)31-57(9,10)33-61/h13-25,36-39,65-66H,26-35H2,1-12H3. The van der Waals surface area contributed by atoms with Crippen LogP contribution in [0.1, 0.15) is 181 Å². The molecule has 2 N–H and O–H groups in total. The van der Waals surface area contributed by atoms with Crippen LogP contribution in [0, 0.1) is 45.1 Å². The lowest BCUT2D eigenvalue weighted by atomic mass is 9.46. The largest absolute Gasteiger partial charge is 0.507 e. The Morgan fingerprint density at radius 1 is 0.485 bits per heavy atom. The maximum absolute atomic E-state index is 16.4. The van der Waals surface area contributed by atoms with Gasteiger partial charge in [-0.2, -0.15) is 0 Å². The molecule has 1 aromatic heterocycles. The molecule has 0 radical (unpaired) electrons. The first-order valence-corrected chi connectivity index (χ1v) is 25.1. The van der Waals surface area contributed by atoms with Gasteiger partial charge in [-0.1, -0.05) is 113 Å². The Kier molecular flexibility index (Phi) is 11.3. The van der Waals surface area contributed by atoms with E-state index in [4.69, 9.17) is 4.98 Å². The van der Waals surface area contributed by atoms with Gasteiger partial charge in [-0.05, 0) is 180 Å². The first-order chi connectivity index (χ1) is 30.8. The van der Waals surface area contributed by atoms with Crippen molar-refractivity contribution < 1.29 is 19.0 Å². The van der Waals surface area contributed by atoms with E-state index in [2.05, 4.69) is 107 Å². The van der Waals surface area contributed by atoms with Crippen molar-refractivity contribution in [3.8, 4) is 56.3 Å². The fourth-order valence-corrected chi connectivity index (χ4v) is 16.4. The number of phenolic OH excluding ortho intramolecular Hbond substituents is 2. The lowest BCUT2D eigenvalue weighted by Crippen LogP contribution is -2.50. The normalized spacial score (nSPS) is 29.0. The summed E-state index contributed by atoms with van der Waals surface area (Å²) in [7, 11) is 0. The summed E-state index contributed by atoms with van der Waals surface area (Å²) < 4.78 is 32.7. The highest BCUT2D eigenvalue weighted by atomic mass is 19.1. The summed E-state index contributed by atoms with van der Waals surface area (Å²) >= 11 is 0. The molecule has 4 aliphatic rings. The van der Waals surface area contributed by atoms with Crippen LogP contribution in [-0.4, -0.2) is 15.2 Å². The zero-order valence-corrected chi connectivity index (χ0v) is 42.0. The van der Waals surface area contributed by atoms with E-state index in [1.165, 1.54) is 12.1 Å². The van der Waals surface area contributed by atoms with Gasteiger partial charge in [-0.25, -0.2) is 13.8 Å². The quantitative estimate of drug-likeness (QED) is 0.163. The predicted octanol–water partition coefficient (Wildman–Crippen LogP) is 17.5. The summed E-state index contributed by atoms with van der Waals surface area (Å²) in [5, 5.41) is 25.3. The second kappa shape index (κ2) is 16.1. The van der Waals surface area contributed by atoms with Gasteiger partial charge < -0.3 is 10.2 Å². The maximum Gasteiger partial charge on any atom is 0.127 e. The van der Waals surface area contributed by atoms with E-state index in [9.17, 15) is 10.2 Å². The number of aromatic nitrogens is 1. The van der Waals surface area contributed by atoms with Crippen LogP contribution >= 0.6 is 0 Å². The molecule has 0 spiro atoms. The molecule has 3 nitrogen and oxygen atoms in total. The van der Waals surface area contributed by atoms with E-state index in [0.717, 1.165) is 109 Å². The Morgan fingerprint density at radius 2 is 0.879 bits per heavy atom. The number of fused-ring (bicyclic) bond motifs is 4. The summed E-state index contributed by atoms with van der Waals surface area (Å²) in [6, 6.07) is 24.8. The highest BCUT2D eigenvalue weighted by molar-refractivity contribution is 5.89. The zero-order chi connectivity index (χ0) is 47.5. The van der Waals surface area contributed by atoms with Crippen molar-refractivity contribution in [3.63, 3.8) is 0 Å². The third-order valence-electron chi connectivity index (χ3n) is 16.7. The van der Waals surface area contributed by atoms with Gasteiger partial charge in [0.05, 0.1) is 11.4 Å². The van der Waals surface area contributed by atoms with Gasteiger partial charge in [0.25, 0.3) is 0 Å². The molecule has 0 saturated heterocycles. The molecule has 6 atom stereocenters. The number of hydrogen-bond donors (Lipinski definition) is 2. The minimum absolute atomic E-state index is 0.0540. The fraction of sp³-hybridized carbons (Fsp3) is 0.525. The first-order valence-electron chi connectivity index (χ1n) is 25.1. The van der Waals surface area contributed by atoms with E-state index < -0.39 is 0 Å². The van der Waals surface area contributed by atoms with Crippen LogP contribution in [0.25, 0.3) is 44.8 Å². The number of nitrogens with zero attached hydrogens (tertiary/aromatic N) is 1. The van der Waals surface area contributed by atoms with E-state index >= 15 is 8.78 Å². The lowest BCUT2D eigenvalue weighted by Gasteiger charge is -2.59. The Hall–Kier alpha value is -4.51. The molecule has 4 aliphatic carbocycles. The van der Waals surface area contributed by atoms with E-state index in [1.54, 1.807) is 12.1 Å². The molecule has 4 saturated carbocycles. The van der Waals surface area contributed by atoms with Gasteiger partial charge in [0, 0.05) is 44.2 Å². The topological polar surface area (TPSA) is 53.4 Å². The van der Waals surface area contributed by atoms with E-state index in [1.807, 2.05) is 30.3 Å². The smallest absolute Gasteiger partial charge is 0.127 e. The van der Waals surface area contributed by atoms with Gasteiger partial charge >= 0.3 is 0 Å². The van der Waals surface area contributed by atoms with Crippen LogP contribution in [0.4, 0.5) is 8.78 Å². The molecule has 66 heavy (non-hydrogen) atoms. The van der Waals surface area contributed by atoms with Gasteiger partial charge in [0.2, 0.25) is 0 Å². The maximum atomic E-state index is 16.4. The number of benzene rings is 4. The minimum Gasteiger partial charge on any atom is -0.507 e. The molecule has 9 rings (SSSR count). The van der Waals surface area contributed by atoms with Crippen LogP contribution in [0.2, 0.25) is 0 Å². The molecule has 4 bridgehead atoms. The summed E-state index contributed by atoms with van der Waals surface area (Å²) in [5.74, 6) is 0.987. The number of hydrogen-bond acceptors (Lipinski definition) is 3. The molecular weight excluding hydrogens is 817 g/mol. The third kappa shape index (κ3) is 8.42. The molecule has 0 aliphatic heterocycles. The molecule has 4 aromatic carbocycles. The van der Waals surface area contributed by atoms with Gasteiger partial charge in [0.1, 0.15) is 23.1 Å². The van der Waals surface area contributed by atoms with Crippen LogP contribution < -0.4 is 0 Å². The van der Waals surface area contributed by atoms with Crippen molar-refractivity contribution in [3.05, 3.63) is 113 Å². The number of aromatic hydroxyl groups is 2. The molecule has 6 unspecified atom stereocenters. The molecule has 350 valence electrons. The zero-order valence-electron chi connectivity index (χ0n) is 42.0. The molecule has 5 aromatic rings. The lowest BCUT2D eigenvalue weighted by molar-refractivity contribution is -0.0317. The Morgan fingerprint density at radius 3 is 1.26 bits per heavy atom. The van der Waals surface area contributed by atoms with Crippen molar-refractivity contribution >= 4 is 0 Å². The number of phenols is 2. The Balaban J connectivity index is 1.20. The summed E-state index contributed by atoms with van der Waals surface area (Å²) in [5.41, 5.74) is 8.77. The average molecular weight is 892 g/mol. The summed E-state index contributed by atoms with van der Waals surface area (Å²) in [4.78, 5) is 5.44. The van der Waals surface area contributed by atoms with Crippen LogP contribution in [0.5, 0.6) is 11.5 Å². The second-order valence-electron chi connectivity index (χ2n) is 25.6. The highest BCUT2D eigenvalue weighted by Gasteiger charge is 2.56. The van der Waals surface area contributed by atoms with E-state index in [-0.39, 0.29) is 67.5 Å². The van der Waals surface area contributed by atoms with Crippen molar-refractivity contribution in [2.45, 2.75) is 170 Å². The van der Waals surface area contributed by atoms with Crippen molar-refractivity contribution in [2.24, 2.45) is 33.5 Å². The molecule has 1 heterocycles.